The van der Waals surface area contributed by atoms with Gasteiger partial charge in [-0.3, -0.25) is 4.79 Å². The second kappa shape index (κ2) is 7.05. The van der Waals surface area contributed by atoms with Crippen LogP contribution < -0.4 is 0 Å². The summed E-state index contributed by atoms with van der Waals surface area (Å²) in [6, 6.07) is 20.4. The number of fused-ring (bicyclic) bond motifs is 2. The Morgan fingerprint density at radius 3 is 2.00 bits per heavy atom. The Balaban J connectivity index is 1.73. The number of carbonyl (C=O) groups excluding carboxylic acids is 1. The Hall–Kier alpha value is -2.56. The molecule has 0 unspecified atom stereocenters. The Bertz CT molecular complexity index is 1230. The van der Waals surface area contributed by atoms with Gasteiger partial charge in [0.15, 0.2) is 0 Å². The molecule has 3 aromatic carbocycles. The molecule has 2 aliphatic rings. The number of thioether (sulfide) groups is 2. The fraction of sp³-hybridized carbons (Fsp3) is 0.120. The fourth-order valence-electron chi connectivity index (χ4n) is 3.97. The summed E-state index contributed by atoms with van der Waals surface area (Å²) >= 11 is 3.22. The van der Waals surface area contributed by atoms with Gasteiger partial charge in [-0.1, -0.05) is 71.6 Å². The minimum atomic E-state index is 0.1000. The van der Waals surface area contributed by atoms with E-state index in [2.05, 4.69) is 45.0 Å². The largest absolute Gasteiger partial charge is 0.288 e. The summed E-state index contributed by atoms with van der Waals surface area (Å²) < 4.78 is 0. The molecular formula is C25H19NOS2. The van der Waals surface area contributed by atoms with Gasteiger partial charge in [0.1, 0.15) is 5.04 Å². The third kappa shape index (κ3) is 3.07. The molecule has 4 heteroatoms. The van der Waals surface area contributed by atoms with Gasteiger partial charge in [0.25, 0.3) is 0 Å². The molecule has 0 N–H and O–H groups in total. The predicted octanol–water partition coefficient (Wildman–Crippen LogP) is 7.15. The molecule has 0 bridgehead atoms. The van der Waals surface area contributed by atoms with Gasteiger partial charge >= 0.3 is 0 Å². The van der Waals surface area contributed by atoms with Gasteiger partial charge < -0.3 is 0 Å². The number of benzene rings is 3. The number of carbonyl (C=O) groups is 1. The molecule has 0 amide bonds. The highest BCUT2D eigenvalue weighted by molar-refractivity contribution is 8.16. The number of Topliss-reactive ketones (excluding diaryl/α,β-unsaturated/α-hetero) is 1. The minimum absolute atomic E-state index is 0.1000. The van der Waals surface area contributed by atoms with Crippen molar-refractivity contribution in [3.63, 3.8) is 0 Å². The summed E-state index contributed by atoms with van der Waals surface area (Å²) in [5.74, 6) is 0.1000. The maximum Gasteiger partial charge on any atom is 0.201 e. The standard InChI is InChI=1S/C25H19NOS2/c1-14-12-15(2)22(16(3)13-14)26-25-21(17-8-4-6-10-19(17)29-25)24-23(27)18-9-5-7-11-20(18)28-24/h4-13H,1-3H3/b24-21-,26-25?. The van der Waals surface area contributed by atoms with Crippen LogP contribution in [0.5, 0.6) is 0 Å². The van der Waals surface area contributed by atoms with Crippen molar-refractivity contribution in [2.75, 3.05) is 0 Å². The molecule has 0 saturated heterocycles. The lowest BCUT2D eigenvalue weighted by molar-refractivity contribution is 0.104. The van der Waals surface area contributed by atoms with Crippen molar-refractivity contribution in [2.24, 2.45) is 4.99 Å². The first-order valence-electron chi connectivity index (χ1n) is 9.53. The summed E-state index contributed by atoms with van der Waals surface area (Å²) in [6.45, 7) is 6.31. The van der Waals surface area contributed by atoms with Gasteiger partial charge in [0.05, 0.1) is 10.6 Å². The van der Waals surface area contributed by atoms with Crippen molar-refractivity contribution in [2.45, 2.75) is 30.6 Å². The molecule has 3 aromatic rings. The second-order valence-corrected chi connectivity index (χ2v) is 9.48. The van der Waals surface area contributed by atoms with Crippen molar-refractivity contribution in [1.82, 2.24) is 0 Å². The van der Waals surface area contributed by atoms with Gasteiger partial charge in [-0.2, -0.15) is 0 Å². The third-order valence-electron chi connectivity index (χ3n) is 5.20. The zero-order chi connectivity index (χ0) is 20.1. The van der Waals surface area contributed by atoms with Crippen LogP contribution in [-0.2, 0) is 0 Å². The van der Waals surface area contributed by atoms with E-state index in [4.69, 9.17) is 4.99 Å². The van der Waals surface area contributed by atoms with Crippen molar-refractivity contribution >= 4 is 45.6 Å². The SMILES string of the molecule is Cc1cc(C)c(N=C2Sc3ccccc3/C2=C2/Sc3ccccc3C2=O)c(C)c1. The van der Waals surface area contributed by atoms with Crippen molar-refractivity contribution in [1.29, 1.82) is 0 Å². The third-order valence-corrected chi connectivity index (χ3v) is 7.44. The lowest BCUT2D eigenvalue weighted by Gasteiger charge is -2.09. The lowest BCUT2D eigenvalue weighted by Crippen LogP contribution is -2.01. The van der Waals surface area contributed by atoms with Crippen LogP contribution in [0.2, 0.25) is 0 Å². The number of allylic oxidation sites excluding steroid dienone is 1. The highest BCUT2D eigenvalue weighted by Gasteiger charge is 2.35. The summed E-state index contributed by atoms with van der Waals surface area (Å²) in [4.78, 5) is 21.3. The van der Waals surface area contributed by atoms with E-state index in [0.717, 1.165) is 53.3 Å². The minimum Gasteiger partial charge on any atom is -0.288 e. The molecule has 5 rings (SSSR count). The van der Waals surface area contributed by atoms with Crippen LogP contribution in [0.3, 0.4) is 0 Å². The van der Waals surface area contributed by atoms with E-state index in [1.54, 1.807) is 23.5 Å². The summed E-state index contributed by atoms with van der Waals surface area (Å²) in [5.41, 5.74) is 7.41. The molecule has 29 heavy (non-hydrogen) atoms. The average molecular weight is 414 g/mol. The first-order valence-corrected chi connectivity index (χ1v) is 11.2. The predicted molar refractivity (Wildman–Crippen MR) is 124 cm³/mol. The maximum atomic E-state index is 13.2. The van der Waals surface area contributed by atoms with Crippen molar-refractivity contribution < 1.29 is 4.79 Å². The number of hydrogen-bond acceptors (Lipinski definition) is 4. The van der Waals surface area contributed by atoms with Crippen LogP contribution in [0.1, 0.15) is 32.6 Å². The van der Waals surface area contributed by atoms with Gasteiger partial charge in [0, 0.05) is 20.9 Å². The van der Waals surface area contributed by atoms with Crippen LogP contribution in [0.4, 0.5) is 5.69 Å². The van der Waals surface area contributed by atoms with Crippen LogP contribution in [0.25, 0.3) is 5.57 Å². The molecule has 0 aromatic heterocycles. The average Bonchev–Trinajstić information content (AvgIpc) is 3.22. The van der Waals surface area contributed by atoms with Gasteiger partial charge in [0.2, 0.25) is 5.78 Å². The topological polar surface area (TPSA) is 29.4 Å². The zero-order valence-electron chi connectivity index (χ0n) is 16.4. The van der Waals surface area contributed by atoms with E-state index in [-0.39, 0.29) is 5.78 Å². The van der Waals surface area contributed by atoms with Crippen LogP contribution >= 0.6 is 23.5 Å². The molecule has 0 fully saturated rings. The smallest absolute Gasteiger partial charge is 0.201 e. The molecule has 0 atom stereocenters. The van der Waals surface area contributed by atoms with E-state index in [0.29, 0.717) is 0 Å². The number of nitrogens with zero attached hydrogens (tertiary/aromatic N) is 1. The number of aliphatic imine (C=N–C) groups is 1. The van der Waals surface area contributed by atoms with Crippen LogP contribution in [-0.4, -0.2) is 10.8 Å². The van der Waals surface area contributed by atoms with Gasteiger partial charge in [-0.15, -0.1) is 0 Å². The van der Waals surface area contributed by atoms with E-state index >= 15 is 0 Å². The molecule has 0 saturated carbocycles. The first kappa shape index (κ1) is 18.5. The zero-order valence-corrected chi connectivity index (χ0v) is 18.1. The van der Waals surface area contributed by atoms with E-state index < -0.39 is 0 Å². The Kier molecular flexibility index (Phi) is 4.49. The van der Waals surface area contributed by atoms with Crippen molar-refractivity contribution in [3.8, 4) is 0 Å². The number of rotatable bonds is 1. The fourth-order valence-corrected chi connectivity index (χ4v) is 6.27. The molecule has 2 heterocycles. The summed E-state index contributed by atoms with van der Waals surface area (Å²) in [5, 5.41) is 0.907. The van der Waals surface area contributed by atoms with E-state index in [1.807, 2.05) is 36.4 Å². The maximum absolute atomic E-state index is 13.2. The summed E-state index contributed by atoms with van der Waals surface area (Å²) in [6.07, 6.45) is 0. The number of aryl methyl sites for hydroxylation is 3. The number of hydrogen-bond donors (Lipinski definition) is 0. The Morgan fingerprint density at radius 2 is 1.34 bits per heavy atom. The molecule has 0 aliphatic carbocycles. The molecule has 0 radical (unpaired) electrons. The molecule has 2 nitrogen and oxygen atoms in total. The Labute approximate surface area is 179 Å². The van der Waals surface area contributed by atoms with E-state index in [9.17, 15) is 4.79 Å². The highest BCUT2D eigenvalue weighted by atomic mass is 32.2. The number of ketones is 1. The summed E-state index contributed by atoms with van der Waals surface area (Å²) in [7, 11) is 0. The van der Waals surface area contributed by atoms with Crippen LogP contribution in [0, 0.1) is 20.8 Å². The second-order valence-electron chi connectivity index (χ2n) is 7.39. The monoisotopic (exact) mass is 413 g/mol. The van der Waals surface area contributed by atoms with Crippen LogP contribution in [0.15, 0.2) is 80.4 Å². The van der Waals surface area contributed by atoms with Gasteiger partial charge in [-0.05, 0) is 55.7 Å². The van der Waals surface area contributed by atoms with Gasteiger partial charge in [-0.25, -0.2) is 4.99 Å². The highest BCUT2D eigenvalue weighted by Crippen LogP contribution is 2.50. The van der Waals surface area contributed by atoms with E-state index in [1.165, 1.54) is 5.56 Å². The normalized spacial score (nSPS) is 19.0. The van der Waals surface area contributed by atoms with Crippen molar-refractivity contribution in [3.05, 3.63) is 93.4 Å². The first-order chi connectivity index (χ1) is 14.0. The quantitative estimate of drug-likeness (QED) is 0.397. The molecular weight excluding hydrogens is 394 g/mol. The molecule has 142 valence electrons. The Morgan fingerprint density at radius 1 is 0.759 bits per heavy atom. The lowest BCUT2D eigenvalue weighted by atomic mass is 10.0. The molecule has 0 spiro atoms. The molecule has 2 aliphatic heterocycles.